The molecule has 1 aromatic carbocycles. The normalized spacial score (nSPS) is 22.4. The van der Waals surface area contributed by atoms with Gasteiger partial charge in [-0.1, -0.05) is 44.7 Å². The molecular formula is C24H34N2O6S. The monoisotopic (exact) mass is 478 g/mol. The molecule has 2 atom stereocenters. The van der Waals surface area contributed by atoms with Crippen LogP contribution in [0.25, 0.3) is 0 Å². The molecule has 2 aliphatic carbocycles. The summed E-state index contributed by atoms with van der Waals surface area (Å²) in [5, 5.41) is 4.98. The number of imide groups is 1. The van der Waals surface area contributed by atoms with Crippen LogP contribution in [-0.4, -0.2) is 43.7 Å². The standard InChI is InChI=1S/C24H34N2O6S/c1-16-10-11-18(3)20(14-16)33(30,31)24(12-6-7-13-24)22(28)32-15-21(27)26-23(29)25-19-9-5-4-8-17(19)2/h10-11,14,17,19H,4-9,12-13,15H2,1-3H3,(H2,25,26,27,29). The Balaban J connectivity index is 1.65. The first kappa shape index (κ1) is 25.2. The van der Waals surface area contributed by atoms with Gasteiger partial charge in [0.2, 0.25) is 0 Å². The number of sulfone groups is 1. The number of carbonyl (C=O) groups excluding carboxylic acids is 3. The molecule has 182 valence electrons. The van der Waals surface area contributed by atoms with Crippen LogP contribution >= 0.6 is 0 Å². The molecule has 2 aliphatic rings. The van der Waals surface area contributed by atoms with Gasteiger partial charge in [0.1, 0.15) is 0 Å². The second-order valence-corrected chi connectivity index (χ2v) is 11.7. The highest BCUT2D eigenvalue weighted by molar-refractivity contribution is 7.93. The molecule has 3 rings (SSSR count). The molecule has 2 N–H and O–H groups in total. The average Bonchev–Trinajstić information content (AvgIpc) is 3.27. The first-order valence-corrected chi connectivity index (χ1v) is 13.1. The molecule has 1 aromatic rings. The van der Waals surface area contributed by atoms with Gasteiger partial charge in [0.25, 0.3) is 5.91 Å². The number of amides is 3. The van der Waals surface area contributed by atoms with E-state index in [0.717, 1.165) is 31.2 Å². The van der Waals surface area contributed by atoms with Crippen molar-refractivity contribution in [3.8, 4) is 0 Å². The number of urea groups is 1. The van der Waals surface area contributed by atoms with Gasteiger partial charge in [-0.25, -0.2) is 13.2 Å². The molecule has 0 spiro atoms. The minimum Gasteiger partial charge on any atom is -0.454 e. The predicted octanol–water partition coefficient (Wildman–Crippen LogP) is 3.34. The fraction of sp³-hybridized carbons (Fsp3) is 0.625. The second-order valence-electron chi connectivity index (χ2n) is 9.44. The zero-order valence-electron chi connectivity index (χ0n) is 19.6. The third kappa shape index (κ3) is 5.39. The van der Waals surface area contributed by atoms with E-state index in [2.05, 4.69) is 17.6 Å². The molecule has 0 aliphatic heterocycles. The molecule has 8 nitrogen and oxygen atoms in total. The van der Waals surface area contributed by atoms with Gasteiger partial charge in [-0.05, 0) is 62.6 Å². The Morgan fingerprint density at radius 2 is 1.73 bits per heavy atom. The number of aryl methyl sites for hydroxylation is 2. The summed E-state index contributed by atoms with van der Waals surface area (Å²) in [5.74, 6) is -1.39. The van der Waals surface area contributed by atoms with Crippen molar-refractivity contribution in [2.45, 2.75) is 87.8 Å². The van der Waals surface area contributed by atoms with E-state index in [-0.39, 0.29) is 23.8 Å². The van der Waals surface area contributed by atoms with Crippen LogP contribution in [0.4, 0.5) is 4.79 Å². The maximum atomic E-state index is 13.6. The quantitative estimate of drug-likeness (QED) is 0.606. The number of esters is 1. The van der Waals surface area contributed by atoms with Crippen molar-refractivity contribution < 1.29 is 27.5 Å². The van der Waals surface area contributed by atoms with E-state index < -0.39 is 39.1 Å². The molecule has 0 aromatic heterocycles. The minimum atomic E-state index is -4.03. The number of nitrogens with one attached hydrogen (secondary N) is 2. The summed E-state index contributed by atoms with van der Waals surface area (Å²) in [6.45, 7) is 4.84. The fourth-order valence-electron chi connectivity index (χ4n) is 4.90. The van der Waals surface area contributed by atoms with Crippen molar-refractivity contribution in [3.63, 3.8) is 0 Å². The van der Waals surface area contributed by atoms with Gasteiger partial charge in [-0.3, -0.25) is 14.9 Å². The van der Waals surface area contributed by atoms with Gasteiger partial charge in [0.05, 0.1) is 4.90 Å². The Kier molecular flexibility index (Phi) is 7.82. The maximum Gasteiger partial charge on any atom is 0.328 e. The van der Waals surface area contributed by atoms with Crippen LogP contribution in [-0.2, 0) is 24.2 Å². The van der Waals surface area contributed by atoms with Crippen molar-refractivity contribution in [1.82, 2.24) is 10.6 Å². The first-order valence-electron chi connectivity index (χ1n) is 11.7. The van der Waals surface area contributed by atoms with E-state index in [9.17, 15) is 22.8 Å². The van der Waals surface area contributed by atoms with Crippen LogP contribution in [0.5, 0.6) is 0 Å². The summed E-state index contributed by atoms with van der Waals surface area (Å²) in [4.78, 5) is 37.6. The summed E-state index contributed by atoms with van der Waals surface area (Å²) in [6.07, 6.45) is 5.47. The highest BCUT2D eigenvalue weighted by Gasteiger charge is 2.54. The highest BCUT2D eigenvalue weighted by atomic mass is 32.2. The lowest BCUT2D eigenvalue weighted by atomic mass is 9.86. The van der Waals surface area contributed by atoms with Crippen molar-refractivity contribution in [1.29, 1.82) is 0 Å². The van der Waals surface area contributed by atoms with E-state index >= 15 is 0 Å². The smallest absolute Gasteiger partial charge is 0.328 e. The average molecular weight is 479 g/mol. The van der Waals surface area contributed by atoms with Gasteiger partial charge < -0.3 is 10.1 Å². The summed E-state index contributed by atoms with van der Waals surface area (Å²) in [6, 6.07) is 4.47. The molecule has 9 heteroatoms. The largest absolute Gasteiger partial charge is 0.454 e. The number of rotatable bonds is 6. The van der Waals surface area contributed by atoms with Gasteiger partial charge in [-0.2, -0.15) is 0 Å². The Bertz CT molecular complexity index is 1010. The molecule has 0 bridgehead atoms. The predicted molar refractivity (Wildman–Crippen MR) is 123 cm³/mol. The molecule has 2 fully saturated rings. The number of carbonyl (C=O) groups is 3. The van der Waals surface area contributed by atoms with Crippen molar-refractivity contribution >= 4 is 27.7 Å². The SMILES string of the molecule is Cc1ccc(C)c(S(=O)(=O)C2(C(=O)OCC(=O)NC(=O)NC3CCCCC3C)CCCC2)c1. The van der Waals surface area contributed by atoms with Crippen LogP contribution in [0.2, 0.25) is 0 Å². The number of hydrogen-bond acceptors (Lipinski definition) is 6. The summed E-state index contributed by atoms with van der Waals surface area (Å²) >= 11 is 0. The van der Waals surface area contributed by atoms with E-state index in [1.54, 1.807) is 26.0 Å². The zero-order valence-corrected chi connectivity index (χ0v) is 20.4. The lowest BCUT2D eigenvalue weighted by Crippen LogP contribution is -2.50. The molecule has 3 amide bonds. The van der Waals surface area contributed by atoms with E-state index in [0.29, 0.717) is 24.3 Å². The van der Waals surface area contributed by atoms with Crippen molar-refractivity contribution in [2.24, 2.45) is 5.92 Å². The third-order valence-electron chi connectivity index (χ3n) is 6.95. The fourth-order valence-corrected chi connectivity index (χ4v) is 7.25. The van der Waals surface area contributed by atoms with Crippen molar-refractivity contribution in [2.75, 3.05) is 6.61 Å². The molecule has 0 radical (unpaired) electrons. The van der Waals surface area contributed by atoms with Crippen LogP contribution in [0.3, 0.4) is 0 Å². The lowest BCUT2D eigenvalue weighted by Gasteiger charge is -2.29. The molecule has 2 saturated carbocycles. The third-order valence-corrected chi connectivity index (χ3v) is 9.57. The van der Waals surface area contributed by atoms with Gasteiger partial charge in [0, 0.05) is 6.04 Å². The zero-order chi connectivity index (χ0) is 24.2. The summed E-state index contributed by atoms with van der Waals surface area (Å²) < 4.78 is 30.6. The Labute approximate surface area is 195 Å². The maximum absolute atomic E-state index is 13.6. The molecule has 33 heavy (non-hydrogen) atoms. The summed E-state index contributed by atoms with van der Waals surface area (Å²) in [5.41, 5.74) is 1.34. The highest BCUT2D eigenvalue weighted by Crippen LogP contribution is 2.42. The van der Waals surface area contributed by atoms with Crippen LogP contribution in [0.1, 0.15) is 69.4 Å². The number of ether oxygens (including phenoxy) is 1. The minimum absolute atomic E-state index is 0.00132. The van der Waals surface area contributed by atoms with E-state index in [1.165, 1.54) is 0 Å². The van der Waals surface area contributed by atoms with Gasteiger partial charge in [-0.15, -0.1) is 0 Å². The Morgan fingerprint density at radius 3 is 2.39 bits per heavy atom. The van der Waals surface area contributed by atoms with Crippen molar-refractivity contribution in [3.05, 3.63) is 29.3 Å². The van der Waals surface area contributed by atoms with Gasteiger partial charge >= 0.3 is 12.0 Å². The summed E-state index contributed by atoms with van der Waals surface area (Å²) in [7, 11) is -4.03. The molecule has 0 saturated heterocycles. The van der Waals surface area contributed by atoms with E-state index in [4.69, 9.17) is 4.74 Å². The van der Waals surface area contributed by atoms with Crippen LogP contribution < -0.4 is 10.6 Å². The molecular weight excluding hydrogens is 444 g/mol. The van der Waals surface area contributed by atoms with Crippen LogP contribution in [0, 0.1) is 19.8 Å². The Hall–Kier alpha value is -2.42. The second kappa shape index (κ2) is 10.2. The van der Waals surface area contributed by atoms with Gasteiger partial charge in [0.15, 0.2) is 21.2 Å². The first-order chi connectivity index (χ1) is 15.6. The lowest BCUT2D eigenvalue weighted by molar-refractivity contribution is -0.150. The molecule has 0 heterocycles. The topological polar surface area (TPSA) is 119 Å². The van der Waals surface area contributed by atoms with E-state index in [1.807, 2.05) is 6.07 Å². The molecule has 2 unspecified atom stereocenters. The number of benzene rings is 1. The Morgan fingerprint density at radius 1 is 1.06 bits per heavy atom. The number of hydrogen-bond donors (Lipinski definition) is 2. The van der Waals surface area contributed by atoms with Crippen LogP contribution in [0.15, 0.2) is 23.1 Å².